The zero-order chi connectivity index (χ0) is 18.4. The Morgan fingerprint density at radius 3 is 2.48 bits per heavy atom. The molecule has 4 heteroatoms. The summed E-state index contributed by atoms with van der Waals surface area (Å²) >= 11 is 0. The van der Waals surface area contributed by atoms with Crippen LogP contribution >= 0.6 is 0 Å². The van der Waals surface area contributed by atoms with Gasteiger partial charge in [0.05, 0.1) is 5.56 Å². The normalized spacial score (nSPS) is 11.7. The van der Waals surface area contributed by atoms with Crippen LogP contribution in [-0.2, 0) is 9.53 Å². The Labute approximate surface area is 149 Å². The van der Waals surface area contributed by atoms with Gasteiger partial charge < -0.3 is 10.1 Å². The van der Waals surface area contributed by atoms with Gasteiger partial charge in [0, 0.05) is 5.69 Å². The average Bonchev–Trinajstić information content (AvgIpc) is 2.61. The summed E-state index contributed by atoms with van der Waals surface area (Å²) in [5.74, 6) is -0.490. The zero-order valence-electron chi connectivity index (χ0n) is 15.3. The number of ether oxygens (including phenoxy) is 1. The van der Waals surface area contributed by atoms with Gasteiger partial charge in [-0.15, -0.1) is 0 Å². The molecule has 2 aromatic carbocycles. The fourth-order valence-electron chi connectivity index (χ4n) is 2.53. The number of esters is 1. The van der Waals surface area contributed by atoms with Crippen LogP contribution in [0.15, 0.2) is 42.5 Å². The molecule has 0 aliphatic rings. The molecule has 0 saturated carbocycles. The fraction of sp³-hybridized carbons (Fsp3) is 0.333. The van der Waals surface area contributed by atoms with Crippen LogP contribution < -0.4 is 5.32 Å². The maximum Gasteiger partial charge on any atom is 0.338 e. The fourth-order valence-corrected chi connectivity index (χ4v) is 2.53. The molecule has 0 fully saturated rings. The van der Waals surface area contributed by atoms with Crippen molar-refractivity contribution in [2.75, 3.05) is 11.9 Å². The lowest BCUT2D eigenvalue weighted by Crippen LogP contribution is -2.21. The van der Waals surface area contributed by atoms with Crippen molar-refractivity contribution < 1.29 is 14.3 Å². The lowest BCUT2D eigenvalue weighted by Gasteiger charge is -2.15. The minimum atomic E-state index is -0.492. The van der Waals surface area contributed by atoms with Crippen LogP contribution in [-0.4, -0.2) is 18.5 Å². The van der Waals surface area contributed by atoms with Crippen LogP contribution in [0.4, 0.5) is 5.69 Å². The van der Waals surface area contributed by atoms with Gasteiger partial charge in [0.15, 0.2) is 6.61 Å². The van der Waals surface area contributed by atoms with E-state index in [2.05, 4.69) is 19.2 Å². The van der Waals surface area contributed by atoms with E-state index >= 15 is 0 Å². The van der Waals surface area contributed by atoms with E-state index in [0.717, 1.165) is 28.8 Å². The molecule has 0 unspecified atom stereocenters. The molecule has 0 aromatic heterocycles. The lowest BCUT2D eigenvalue weighted by atomic mass is 9.97. The van der Waals surface area contributed by atoms with E-state index < -0.39 is 5.97 Å². The summed E-state index contributed by atoms with van der Waals surface area (Å²) in [4.78, 5) is 24.2. The van der Waals surface area contributed by atoms with E-state index in [1.165, 1.54) is 0 Å². The molecule has 0 heterocycles. The quantitative estimate of drug-likeness (QED) is 0.782. The van der Waals surface area contributed by atoms with Gasteiger partial charge in [-0.3, -0.25) is 4.79 Å². The van der Waals surface area contributed by atoms with Crippen molar-refractivity contribution in [1.29, 1.82) is 0 Å². The van der Waals surface area contributed by atoms with Crippen LogP contribution in [0.2, 0.25) is 0 Å². The summed E-state index contributed by atoms with van der Waals surface area (Å²) in [5, 5.41) is 2.84. The molecule has 0 saturated heterocycles. The van der Waals surface area contributed by atoms with E-state index in [4.69, 9.17) is 4.74 Å². The molecular weight excluding hydrogens is 314 g/mol. The minimum absolute atomic E-state index is 0.305. The van der Waals surface area contributed by atoms with Gasteiger partial charge in [-0.05, 0) is 61.1 Å². The first-order valence-electron chi connectivity index (χ1n) is 8.55. The Morgan fingerprint density at radius 2 is 1.80 bits per heavy atom. The SMILES string of the molecule is CC[C@H](C)c1ccccc1NC(=O)COC(=O)c1ccc(C)c(C)c1. The highest BCUT2D eigenvalue weighted by molar-refractivity contribution is 5.96. The number of anilines is 1. The molecule has 1 atom stereocenters. The maximum atomic E-state index is 12.1. The molecule has 0 bridgehead atoms. The highest BCUT2D eigenvalue weighted by Gasteiger charge is 2.14. The van der Waals surface area contributed by atoms with Gasteiger partial charge in [0.1, 0.15) is 0 Å². The number of nitrogens with one attached hydrogen (secondary N) is 1. The monoisotopic (exact) mass is 339 g/mol. The molecular formula is C21H25NO3. The minimum Gasteiger partial charge on any atom is -0.452 e. The number of aryl methyl sites for hydroxylation is 2. The first-order valence-corrected chi connectivity index (χ1v) is 8.55. The van der Waals surface area contributed by atoms with Gasteiger partial charge >= 0.3 is 5.97 Å². The summed E-state index contributed by atoms with van der Waals surface area (Å²) in [6.45, 7) is 7.83. The molecule has 1 N–H and O–H groups in total. The van der Waals surface area contributed by atoms with Crippen molar-refractivity contribution in [1.82, 2.24) is 0 Å². The standard InChI is InChI=1S/C21H25NO3/c1-5-14(2)18-8-6-7-9-19(18)22-20(23)13-25-21(24)17-11-10-15(3)16(4)12-17/h6-12,14H,5,13H2,1-4H3,(H,22,23)/t14-/m0/s1. The number of hydrogen-bond acceptors (Lipinski definition) is 3. The number of para-hydroxylation sites is 1. The Morgan fingerprint density at radius 1 is 1.08 bits per heavy atom. The molecule has 1 amide bonds. The summed E-state index contributed by atoms with van der Waals surface area (Å²) in [6.07, 6.45) is 0.981. The Hall–Kier alpha value is -2.62. The first-order chi connectivity index (χ1) is 11.9. The Bertz CT molecular complexity index is 767. The third-order valence-corrected chi connectivity index (χ3v) is 4.46. The van der Waals surface area contributed by atoms with Gasteiger partial charge in [-0.1, -0.05) is 38.1 Å². The maximum absolute atomic E-state index is 12.1. The van der Waals surface area contributed by atoms with Crippen molar-refractivity contribution >= 4 is 17.6 Å². The van der Waals surface area contributed by atoms with E-state index in [0.29, 0.717) is 11.5 Å². The molecule has 0 aliphatic heterocycles. The van der Waals surface area contributed by atoms with Gasteiger partial charge in [0.2, 0.25) is 0 Å². The van der Waals surface area contributed by atoms with Crippen LogP contribution in [0.3, 0.4) is 0 Å². The van der Waals surface area contributed by atoms with Crippen LogP contribution in [0.25, 0.3) is 0 Å². The van der Waals surface area contributed by atoms with E-state index in [1.807, 2.05) is 44.2 Å². The summed E-state index contributed by atoms with van der Waals surface area (Å²) in [5.41, 5.74) is 4.43. The zero-order valence-corrected chi connectivity index (χ0v) is 15.3. The summed E-state index contributed by atoms with van der Waals surface area (Å²) in [7, 11) is 0. The third kappa shape index (κ3) is 4.92. The molecule has 0 aliphatic carbocycles. The molecule has 2 aromatic rings. The predicted molar refractivity (Wildman–Crippen MR) is 100.0 cm³/mol. The number of hydrogen-bond donors (Lipinski definition) is 1. The molecule has 4 nitrogen and oxygen atoms in total. The van der Waals surface area contributed by atoms with Crippen molar-refractivity contribution in [2.24, 2.45) is 0 Å². The molecule has 0 radical (unpaired) electrons. The van der Waals surface area contributed by atoms with E-state index in [1.54, 1.807) is 12.1 Å². The summed E-state index contributed by atoms with van der Waals surface area (Å²) in [6, 6.07) is 13.1. The first kappa shape index (κ1) is 18.7. The molecule has 25 heavy (non-hydrogen) atoms. The van der Waals surface area contributed by atoms with Crippen molar-refractivity contribution in [2.45, 2.75) is 40.0 Å². The number of benzene rings is 2. The van der Waals surface area contributed by atoms with Crippen LogP contribution in [0.1, 0.15) is 53.2 Å². The number of rotatable bonds is 6. The van der Waals surface area contributed by atoms with E-state index in [-0.39, 0.29) is 12.5 Å². The number of carbonyl (C=O) groups excluding carboxylic acids is 2. The second kappa shape index (κ2) is 8.47. The highest BCUT2D eigenvalue weighted by Crippen LogP contribution is 2.26. The van der Waals surface area contributed by atoms with Crippen molar-refractivity contribution in [3.8, 4) is 0 Å². The van der Waals surface area contributed by atoms with Crippen LogP contribution in [0.5, 0.6) is 0 Å². The smallest absolute Gasteiger partial charge is 0.338 e. The lowest BCUT2D eigenvalue weighted by molar-refractivity contribution is -0.119. The second-order valence-corrected chi connectivity index (χ2v) is 6.32. The predicted octanol–water partition coefficient (Wildman–Crippen LogP) is 4.61. The van der Waals surface area contributed by atoms with Gasteiger partial charge in [-0.2, -0.15) is 0 Å². The summed E-state index contributed by atoms with van der Waals surface area (Å²) < 4.78 is 5.13. The van der Waals surface area contributed by atoms with Gasteiger partial charge in [0.25, 0.3) is 5.91 Å². The Kier molecular flexibility index (Phi) is 6.34. The molecule has 132 valence electrons. The highest BCUT2D eigenvalue weighted by atomic mass is 16.5. The molecule has 0 spiro atoms. The second-order valence-electron chi connectivity index (χ2n) is 6.32. The van der Waals surface area contributed by atoms with Crippen molar-refractivity contribution in [3.05, 3.63) is 64.7 Å². The van der Waals surface area contributed by atoms with Crippen molar-refractivity contribution in [3.63, 3.8) is 0 Å². The average molecular weight is 339 g/mol. The Balaban J connectivity index is 1.97. The molecule has 2 rings (SSSR count). The number of carbonyl (C=O) groups is 2. The largest absolute Gasteiger partial charge is 0.452 e. The van der Waals surface area contributed by atoms with E-state index in [9.17, 15) is 9.59 Å². The van der Waals surface area contributed by atoms with Gasteiger partial charge in [-0.25, -0.2) is 4.79 Å². The topological polar surface area (TPSA) is 55.4 Å². The van der Waals surface area contributed by atoms with Crippen LogP contribution in [0, 0.1) is 13.8 Å². The third-order valence-electron chi connectivity index (χ3n) is 4.46. The number of amides is 1.